The fourth-order valence-electron chi connectivity index (χ4n) is 1.38. The molecule has 0 spiro atoms. The lowest BCUT2D eigenvalue weighted by Gasteiger charge is -2.05. The van der Waals surface area contributed by atoms with E-state index in [4.69, 9.17) is 0 Å². The smallest absolute Gasteiger partial charge is 0.209 e. The van der Waals surface area contributed by atoms with E-state index in [9.17, 15) is 8.42 Å². The van der Waals surface area contributed by atoms with E-state index in [1.54, 1.807) is 0 Å². The second kappa shape index (κ2) is 3.64. The molecule has 82 valence electrons. The molecule has 15 heavy (non-hydrogen) atoms. The van der Waals surface area contributed by atoms with Gasteiger partial charge in [-0.2, -0.15) is 0 Å². The van der Waals surface area contributed by atoms with Crippen molar-refractivity contribution >= 4 is 21.6 Å². The van der Waals surface area contributed by atoms with Crippen molar-refractivity contribution in [2.45, 2.75) is 24.3 Å². The van der Waals surface area contributed by atoms with Crippen molar-refractivity contribution in [1.82, 2.24) is 15.2 Å². The quantitative estimate of drug-likeness (QED) is 0.838. The van der Waals surface area contributed by atoms with Crippen molar-refractivity contribution in [1.29, 1.82) is 0 Å². The van der Waals surface area contributed by atoms with Crippen LogP contribution < -0.4 is 0 Å². The summed E-state index contributed by atoms with van der Waals surface area (Å²) >= 11 is 1.38. The summed E-state index contributed by atoms with van der Waals surface area (Å²) in [7, 11) is -3.01. The fourth-order valence-corrected chi connectivity index (χ4v) is 4.61. The summed E-state index contributed by atoms with van der Waals surface area (Å²) in [5, 5.41) is 8.58. The largest absolute Gasteiger partial charge is 0.262 e. The number of H-pyrrole nitrogens is 1. The summed E-state index contributed by atoms with van der Waals surface area (Å²) in [5.74, 6) is 0.886. The molecule has 2 heterocycles. The number of nitrogens with zero attached hydrogens (tertiary/aromatic N) is 2. The van der Waals surface area contributed by atoms with Crippen molar-refractivity contribution in [2.75, 3.05) is 5.75 Å². The Hall–Kier alpha value is -0.820. The Morgan fingerprint density at radius 3 is 2.73 bits per heavy atom. The third-order valence-electron chi connectivity index (χ3n) is 2.08. The van der Waals surface area contributed by atoms with E-state index in [1.807, 2.05) is 13.8 Å². The second-order valence-corrected chi connectivity index (χ2v) is 6.57. The molecule has 0 saturated heterocycles. The van der Waals surface area contributed by atoms with E-state index in [0.29, 0.717) is 5.16 Å². The summed E-state index contributed by atoms with van der Waals surface area (Å²) in [5.41, 5.74) is 0.863. The molecule has 0 aliphatic carbocycles. The minimum Gasteiger partial charge on any atom is -0.262 e. The predicted molar refractivity (Wildman–Crippen MR) is 58.3 cm³/mol. The minimum atomic E-state index is -3.01. The number of aromatic amines is 1. The van der Waals surface area contributed by atoms with E-state index >= 15 is 0 Å². The number of aromatic nitrogens is 3. The van der Waals surface area contributed by atoms with Gasteiger partial charge in [0.05, 0.1) is 5.75 Å². The van der Waals surface area contributed by atoms with Gasteiger partial charge in [0.2, 0.25) is 5.16 Å². The van der Waals surface area contributed by atoms with E-state index in [-0.39, 0.29) is 11.0 Å². The van der Waals surface area contributed by atoms with Crippen LogP contribution in [-0.2, 0) is 9.84 Å². The Labute approximate surface area is 92.3 Å². The van der Waals surface area contributed by atoms with E-state index in [2.05, 4.69) is 15.2 Å². The average molecular weight is 245 g/mol. The van der Waals surface area contributed by atoms with Gasteiger partial charge in [-0.1, -0.05) is 11.8 Å². The van der Waals surface area contributed by atoms with Crippen LogP contribution in [0.1, 0.15) is 12.7 Å². The number of thioether (sulfide) groups is 1. The normalized spacial score (nSPS) is 24.1. The van der Waals surface area contributed by atoms with Crippen molar-refractivity contribution in [3.63, 3.8) is 0 Å². The van der Waals surface area contributed by atoms with Crippen LogP contribution in [0.15, 0.2) is 16.1 Å². The molecule has 1 aromatic rings. The van der Waals surface area contributed by atoms with Crippen LogP contribution in [0, 0.1) is 6.92 Å². The first-order valence-electron chi connectivity index (χ1n) is 4.43. The number of sulfone groups is 1. The molecule has 5 nitrogen and oxygen atoms in total. The molecular formula is C8H11N3O2S2. The van der Waals surface area contributed by atoms with Crippen LogP contribution in [-0.4, -0.2) is 34.6 Å². The van der Waals surface area contributed by atoms with Gasteiger partial charge < -0.3 is 0 Å². The van der Waals surface area contributed by atoms with Gasteiger partial charge >= 0.3 is 0 Å². The van der Waals surface area contributed by atoms with Crippen LogP contribution >= 0.6 is 11.8 Å². The third-order valence-corrected chi connectivity index (χ3v) is 5.04. The Bertz CT molecular complexity index is 504. The lowest BCUT2D eigenvalue weighted by atomic mass is 10.3. The number of aryl methyl sites for hydroxylation is 1. The van der Waals surface area contributed by atoms with Crippen molar-refractivity contribution < 1.29 is 8.42 Å². The molecule has 0 amide bonds. The van der Waals surface area contributed by atoms with Crippen LogP contribution in [0.5, 0.6) is 0 Å². The van der Waals surface area contributed by atoms with Crippen molar-refractivity contribution in [3.05, 3.63) is 16.8 Å². The maximum atomic E-state index is 11.3. The summed E-state index contributed by atoms with van der Waals surface area (Å²) < 4.78 is 22.6. The van der Waals surface area contributed by atoms with Gasteiger partial charge in [0.25, 0.3) is 0 Å². The molecule has 0 fully saturated rings. The molecule has 0 bridgehead atoms. The van der Waals surface area contributed by atoms with Gasteiger partial charge in [0.1, 0.15) is 5.82 Å². The molecule has 0 radical (unpaired) electrons. The topological polar surface area (TPSA) is 75.7 Å². The second-order valence-electron chi connectivity index (χ2n) is 3.50. The summed E-state index contributed by atoms with van der Waals surface area (Å²) in [6.45, 7) is 3.63. The van der Waals surface area contributed by atoms with Gasteiger partial charge in [-0.05, 0) is 19.4 Å². The summed E-state index contributed by atoms with van der Waals surface area (Å²) in [4.78, 5) is 4.13. The van der Waals surface area contributed by atoms with E-state index < -0.39 is 9.84 Å². The molecular weight excluding hydrogens is 234 g/mol. The third kappa shape index (κ3) is 2.40. The van der Waals surface area contributed by atoms with Gasteiger partial charge in [0.15, 0.2) is 9.84 Å². The predicted octanol–water partition coefficient (Wildman–Crippen LogP) is 0.906. The lowest BCUT2D eigenvalue weighted by molar-refractivity contribution is 0.606. The zero-order valence-electron chi connectivity index (χ0n) is 8.39. The zero-order valence-corrected chi connectivity index (χ0v) is 10.0. The van der Waals surface area contributed by atoms with Gasteiger partial charge in [-0.3, -0.25) is 5.10 Å². The maximum Gasteiger partial charge on any atom is 0.209 e. The number of rotatable bonds is 2. The SMILES string of the molecule is CC1=CS(=O)(=O)C[C@H]1Sc1n[nH]c(C)n1. The molecule has 1 N–H and O–H groups in total. The molecule has 2 rings (SSSR count). The number of hydrogen-bond acceptors (Lipinski definition) is 5. The van der Waals surface area contributed by atoms with Gasteiger partial charge in [-0.15, -0.1) is 5.10 Å². The van der Waals surface area contributed by atoms with E-state index in [0.717, 1.165) is 11.4 Å². The van der Waals surface area contributed by atoms with Gasteiger partial charge in [0, 0.05) is 10.7 Å². The zero-order chi connectivity index (χ0) is 11.1. The highest BCUT2D eigenvalue weighted by Gasteiger charge is 2.28. The molecule has 0 saturated carbocycles. The molecule has 1 aliphatic heterocycles. The van der Waals surface area contributed by atoms with Crippen molar-refractivity contribution in [2.24, 2.45) is 0 Å². The first-order valence-corrected chi connectivity index (χ1v) is 7.02. The van der Waals surface area contributed by atoms with E-state index in [1.165, 1.54) is 17.2 Å². The molecule has 0 unspecified atom stereocenters. The maximum absolute atomic E-state index is 11.3. The summed E-state index contributed by atoms with van der Waals surface area (Å²) in [6, 6.07) is 0. The Morgan fingerprint density at radius 2 is 2.27 bits per heavy atom. The summed E-state index contributed by atoms with van der Waals surface area (Å²) in [6.07, 6.45) is 0. The highest BCUT2D eigenvalue weighted by Crippen LogP contribution is 2.31. The molecule has 7 heteroatoms. The minimum absolute atomic E-state index is 0.0507. The van der Waals surface area contributed by atoms with Crippen LogP contribution in [0.25, 0.3) is 0 Å². The fraction of sp³-hybridized carbons (Fsp3) is 0.500. The Morgan fingerprint density at radius 1 is 1.53 bits per heavy atom. The highest BCUT2D eigenvalue weighted by atomic mass is 32.2. The van der Waals surface area contributed by atoms with Crippen LogP contribution in [0.3, 0.4) is 0 Å². The first-order chi connectivity index (χ1) is 6.96. The Balaban J connectivity index is 2.13. The molecule has 1 atom stereocenters. The number of hydrogen-bond donors (Lipinski definition) is 1. The number of nitrogens with one attached hydrogen (secondary N) is 1. The highest BCUT2D eigenvalue weighted by molar-refractivity contribution is 8.02. The monoisotopic (exact) mass is 245 g/mol. The van der Waals surface area contributed by atoms with Crippen molar-refractivity contribution in [3.8, 4) is 0 Å². The van der Waals surface area contributed by atoms with Crippen LogP contribution in [0.2, 0.25) is 0 Å². The average Bonchev–Trinajstić information content (AvgIpc) is 2.58. The van der Waals surface area contributed by atoms with Crippen LogP contribution in [0.4, 0.5) is 0 Å². The molecule has 0 aromatic carbocycles. The van der Waals surface area contributed by atoms with Gasteiger partial charge in [-0.25, -0.2) is 13.4 Å². The lowest BCUT2D eigenvalue weighted by Crippen LogP contribution is -2.09. The molecule has 1 aromatic heterocycles. The first kappa shape index (κ1) is 10.7. The molecule has 1 aliphatic rings. The Kier molecular flexibility index (Phi) is 2.59. The standard InChI is InChI=1S/C8H11N3O2S2/c1-5-3-15(12,13)4-7(5)14-8-9-6(2)10-11-8/h3,7H,4H2,1-2H3,(H,9,10,11)/t7-/m1/s1.